The van der Waals surface area contributed by atoms with Crippen LogP contribution in [0, 0.1) is 0 Å². The number of piperazine rings is 1. The van der Waals surface area contributed by atoms with Gasteiger partial charge in [-0.05, 0) is 35.2 Å². The highest BCUT2D eigenvalue weighted by molar-refractivity contribution is 5.96. The summed E-state index contributed by atoms with van der Waals surface area (Å²) < 4.78 is 5.36. The number of carbonyl (C=O) groups excluding carboxylic acids is 2. The molecule has 3 heterocycles. The van der Waals surface area contributed by atoms with Crippen LogP contribution in [-0.2, 0) is 24.2 Å². The van der Waals surface area contributed by atoms with E-state index in [1.54, 1.807) is 17.0 Å². The highest BCUT2D eigenvalue weighted by Gasteiger charge is 2.38. The summed E-state index contributed by atoms with van der Waals surface area (Å²) in [5, 5.41) is 0. The van der Waals surface area contributed by atoms with E-state index in [2.05, 4.69) is 35.2 Å². The van der Waals surface area contributed by atoms with Crippen molar-refractivity contribution in [2.24, 2.45) is 0 Å². The quantitative estimate of drug-likeness (QED) is 0.608. The first kappa shape index (κ1) is 21.5. The van der Waals surface area contributed by atoms with Gasteiger partial charge in [0.05, 0.1) is 6.26 Å². The molecule has 0 saturated carbocycles. The first-order chi connectivity index (χ1) is 16.2. The van der Waals surface area contributed by atoms with Gasteiger partial charge in [-0.15, -0.1) is 0 Å². The second kappa shape index (κ2) is 9.63. The van der Waals surface area contributed by atoms with E-state index in [-0.39, 0.29) is 17.6 Å². The van der Waals surface area contributed by atoms with Crippen LogP contribution in [-0.4, -0.2) is 65.3 Å². The Morgan fingerprint density at radius 3 is 2.30 bits per heavy atom. The van der Waals surface area contributed by atoms with Crippen molar-refractivity contribution in [1.82, 2.24) is 14.7 Å². The zero-order chi connectivity index (χ0) is 22.6. The molecule has 0 aliphatic carbocycles. The number of nitrogens with zero attached hydrogens (tertiary/aromatic N) is 3. The Labute approximate surface area is 194 Å². The molecule has 1 unspecified atom stereocenters. The number of benzene rings is 2. The lowest BCUT2D eigenvalue weighted by atomic mass is 9.92. The Morgan fingerprint density at radius 1 is 0.848 bits per heavy atom. The molecular weight excluding hydrogens is 414 g/mol. The van der Waals surface area contributed by atoms with E-state index < -0.39 is 6.04 Å². The normalized spacial score (nSPS) is 18.7. The topological polar surface area (TPSA) is 57.0 Å². The van der Waals surface area contributed by atoms with Crippen LogP contribution in [0.3, 0.4) is 0 Å². The number of furan rings is 1. The number of fused-ring (bicyclic) bond motifs is 1. The van der Waals surface area contributed by atoms with Crippen molar-refractivity contribution in [2.45, 2.75) is 25.4 Å². The minimum atomic E-state index is -0.506. The van der Waals surface area contributed by atoms with Gasteiger partial charge in [-0.25, -0.2) is 0 Å². The van der Waals surface area contributed by atoms with E-state index in [1.165, 1.54) is 11.8 Å². The Bertz CT molecular complexity index is 1090. The fourth-order valence-corrected chi connectivity index (χ4v) is 4.83. The van der Waals surface area contributed by atoms with Crippen LogP contribution in [0.15, 0.2) is 77.4 Å². The lowest BCUT2D eigenvalue weighted by molar-refractivity contribution is -0.138. The Balaban J connectivity index is 1.26. The van der Waals surface area contributed by atoms with Crippen molar-refractivity contribution in [2.75, 3.05) is 32.7 Å². The molecule has 0 N–H and O–H groups in total. The van der Waals surface area contributed by atoms with Crippen molar-refractivity contribution in [3.8, 4) is 0 Å². The van der Waals surface area contributed by atoms with Crippen LogP contribution in [0.1, 0.15) is 27.2 Å². The van der Waals surface area contributed by atoms with Crippen LogP contribution in [0.2, 0.25) is 0 Å². The van der Waals surface area contributed by atoms with Crippen LogP contribution in [0.5, 0.6) is 0 Å². The Morgan fingerprint density at radius 2 is 1.58 bits per heavy atom. The highest BCUT2D eigenvalue weighted by atomic mass is 16.3. The molecule has 2 amide bonds. The summed E-state index contributed by atoms with van der Waals surface area (Å²) in [5.74, 6) is 0.0828. The molecule has 0 bridgehead atoms. The van der Waals surface area contributed by atoms with Crippen LogP contribution >= 0.6 is 0 Å². The summed E-state index contributed by atoms with van der Waals surface area (Å²) in [6, 6.07) is 21.4. The second-order valence-corrected chi connectivity index (χ2v) is 8.80. The molecular formula is C27H29N3O3. The number of carbonyl (C=O) groups is 2. The second-order valence-electron chi connectivity index (χ2n) is 8.80. The van der Waals surface area contributed by atoms with Gasteiger partial charge >= 0.3 is 0 Å². The van der Waals surface area contributed by atoms with Crippen molar-refractivity contribution in [1.29, 1.82) is 0 Å². The predicted molar refractivity (Wildman–Crippen MR) is 126 cm³/mol. The van der Waals surface area contributed by atoms with E-state index in [0.717, 1.165) is 37.2 Å². The Kier molecular flexibility index (Phi) is 6.26. The van der Waals surface area contributed by atoms with Crippen molar-refractivity contribution in [3.63, 3.8) is 0 Å². The lowest BCUT2D eigenvalue weighted by Crippen LogP contribution is -2.57. The maximum absolute atomic E-state index is 13.6. The number of hydrogen-bond acceptors (Lipinski definition) is 4. The standard InChI is InChI=1S/C27H29N3O3/c31-26(29-16-14-28(15-17-29)13-12-21-7-2-1-3-8-21)24-19-22-9-4-5-10-23(22)20-30(24)27(32)25-11-6-18-33-25/h1-11,18,24H,12-17,19-20H2. The molecule has 1 saturated heterocycles. The minimum Gasteiger partial charge on any atom is -0.459 e. The first-order valence-electron chi connectivity index (χ1n) is 11.7. The largest absolute Gasteiger partial charge is 0.459 e. The third kappa shape index (κ3) is 4.71. The molecule has 2 aliphatic rings. The maximum Gasteiger partial charge on any atom is 0.290 e. The summed E-state index contributed by atoms with van der Waals surface area (Å²) in [5.41, 5.74) is 3.57. The first-order valence-corrected chi connectivity index (χ1v) is 11.7. The van der Waals surface area contributed by atoms with Crippen LogP contribution in [0.25, 0.3) is 0 Å². The van der Waals surface area contributed by atoms with Crippen molar-refractivity contribution >= 4 is 11.8 Å². The fraction of sp³-hybridized carbons (Fsp3) is 0.333. The van der Waals surface area contributed by atoms with E-state index in [9.17, 15) is 9.59 Å². The van der Waals surface area contributed by atoms with Crippen molar-refractivity contribution in [3.05, 3.63) is 95.4 Å². The van der Waals surface area contributed by atoms with Gasteiger partial charge in [-0.3, -0.25) is 14.5 Å². The third-order valence-corrected chi connectivity index (χ3v) is 6.77. The average Bonchev–Trinajstić information content (AvgIpc) is 3.42. The molecule has 170 valence electrons. The molecule has 1 fully saturated rings. The smallest absolute Gasteiger partial charge is 0.290 e. The van der Waals surface area contributed by atoms with Gasteiger partial charge in [0.25, 0.3) is 5.91 Å². The van der Waals surface area contributed by atoms with E-state index in [4.69, 9.17) is 4.42 Å². The van der Waals surface area contributed by atoms with Gasteiger partial charge in [0.2, 0.25) is 5.91 Å². The minimum absolute atomic E-state index is 0.0344. The number of hydrogen-bond donors (Lipinski definition) is 0. The summed E-state index contributed by atoms with van der Waals surface area (Å²) in [6.07, 6.45) is 3.05. The van der Waals surface area contributed by atoms with E-state index >= 15 is 0 Å². The van der Waals surface area contributed by atoms with Gasteiger partial charge in [-0.2, -0.15) is 0 Å². The molecule has 33 heavy (non-hydrogen) atoms. The zero-order valence-corrected chi connectivity index (χ0v) is 18.7. The molecule has 0 radical (unpaired) electrons. The Hall–Kier alpha value is -3.38. The molecule has 1 atom stereocenters. The predicted octanol–water partition coefficient (Wildman–Crippen LogP) is 3.23. The van der Waals surface area contributed by atoms with Crippen LogP contribution < -0.4 is 0 Å². The summed E-state index contributed by atoms with van der Waals surface area (Å²) in [4.78, 5) is 32.8. The lowest BCUT2D eigenvalue weighted by Gasteiger charge is -2.41. The molecule has 0 spiro atoms. The highest BCUT2D eigenvalue weighted by Crippen LogP contribution is 2.26. The average molecular weight is 444 g/mol. The van der Waals surface area contributed by atoms with Crippen molar-refractivity contribution < 1.29 is 14.0 Å². The monoisotopic (exact) mass is 443 g/mol. The fourth-order valence-electron chi connectivity index (χ4n) is 4.83. The van der Waals surface area contributed by atoms with Gasteiger partial charge in [0, 0.05) is 45.7 Å². The molecule has 6 nitrogen and oxygen atoms in total. The molecule has 1 aromatic heterocycles. The zero-order valence-electron chi connectivity index (χ0n) is 18.7. The third-order valence-electron chi connectivity index (χ3n) is 6.77. The maximum atomic E-state index is 13.6. The summed E-state index contributed by atoms with van der Waals surface area (Å²) >= 11 is 0. The molecule has 5 rings (SSSR count). The number of amides is 2. The van der Waals surface area contributed by atoms with Gasteiger partial charge in [0.15, 0.2) is 5.76 Å². The summed E-state index contributed by atoms with van der Waals surface area (Å²) in [6.45, 7) is 4.50. The molecule has 2 aliphatic heterocycles. The van der Waals surface area contributed by atoms with Gasteiger partial charge in [0.1, 0.15) is 6.04 Å². The SMILES string of the molecule is O=C(C1Cc2ccccc2CN1C(=O)c1ccco1)N1CCN(CCc2ccccc2)CC1. The van der Waals surface area contributed by atoms with Gasteiger partial charge < -0.3 is 14.2 Å². The van der Waals surface area contributed by atoms with E-state index in [0.29, 0.717) is 26.1 Å². The molecule has 3 aromatic rings. The number of rotatable bonds is 5. The van der Waals surface area contributed by atoms with Gasteiger partial charge in [-0.1, -0.05) is 54.6 Å². The molecule has 2 aromatic carbocycles. The summed E-state index contributed by atoms with van der Waals surface area (Å²) in [7, 11) is 0. The van der Waals surface area contributed by atoms with E-state index in [1.807, 2.05) is 29.2 Å². The van der Waals surface area contributed by atoms with Crippen LogP contribution in [0.4, 0.5) is 0 Å². The molecule has 6 heteroatoms.